The van der Waals surface area contributed by atoms with Crippen molar-refractivity contribution >= 4 is 33.5 Å². The predicted octanol–water partition coefficient (Wildman–Crippen LogP) is 5.79. The number of nitrogens with one attached hydrogen (secondary N) is 2. The molecule has 0 aliphatic carbocycles. The van der Waals surface area contributed by atoms with E-state index in [0.29, 0.717) is 56.6 Å². The third-order valence-electron chi connectivity index (χ3n) is 6.25. The Balaban J connectivity index is 1.53. The normalized spacial score (nSPS) is 14.4. The first-order valence-corrected chi connectivity index (χ1v) is 13.1. The average Bonchev–Trinajstić information content (AvgIpc) is 3.37. The number of benzene rings is 3. The van der Waals surface area contributed by atoms with E-state index in [1.54, 1.807) is 35.9 Å². The summed E-state index contributed by atoms with van der Waals surface area (Å²) < 4.78 is 28.3. The van der Waals surface area contributed by atoms with Crippen LogP contribution in [-0.4, -0.2) is 32.7 Å². The SMILES string of the molecule is CCOc1cc(C2C(C(=O)Nc3ccc(C)cc3)=C(C)Nc3nnnn32)cc(Br)c1OCc1ccccc1F. The Hall–Kier alpha value is -4.25. The van der Waals surface area contributed by atoms with E-state index < -0.39 is 6.04 Å². The molecular weight excluding hydrogens is 567 g/mol. The molecule has 3 aromatic carbocycles. The van der Waals surface area contributed by atoms with Gasteiger partial charge in [0.2, 0.25) is 5.95 Å². The molecule has 200 valence electrons. The number of hydrogen-bond donors (Lipinski definition) is 2. The fraction of sp³-hybridized carbons (Fsp3) is 0.214. The zero-order valence-electron chi connectivity index (χ0n) is 21.5. The maximum absolute atomic E-state index is 14.2. The number of rotatable bonds is 8. The summed E-state index contributed by atoms with van der Waals surface area (Å²) in [5.41, 5.74) is 3.91. The van der Waals surface area contributed by atoms with Gasteiger partial charge in [-0.1, -0.05) is 41.0 Å². The van der Waals surface area contributed by atoms with Crippen molar-refractivity contribution in [2.24, 2.45) is 0 Å². The fourth-order valence-corrected chi connectivity index (χ4v) is 4.94. The minimum atomic E-state index is -0.669. The molecule has 1 amide bonds. The largest absolute Gasteiger partial charge is 0.490 e. The highest BCUT2D eigenvalue weighted by atomic mass is 79.9. The fourth-order valence-electron chi connectivity index (χ4n) is 4.36. The van der Waals surface area contributed by atoms with Crippen LogP contribution in [0.15, 0.2) is 76.4 Å². The van der Waals surface area contributed by atoms with E-state index in [0.717, 1.165) is 5.56 Å². The van der Waals surface area contributed by atoms with E-state index >= 15 is 0 Å². The number of ether oxygens (including phenoxy) is 2. The second-order valence-electron chi connectivity index (χ2n) is 8.98. The highest BCUT2D eigenvalue weighted by molar-refractivity contribution is 9.10. The summed E-state index contributed by atoms with van der Waals surface area (Å²) in [5.74, 6) is 0.597. The van der Waals surface area contributed by atoms with E-state index in [1.807, 2.05) is 44.2 Å². The van der Waals surface area contributed by atoms with Crippen molar-refractivity contribution in [2.75, 3.05) is 17.2 Å². The number of fused-ring (bicyclic) bond motifs is 1. The standard InChI is InChI=1S/C28H26BrFN6O3/c1-4-38-23-14-19(13-21(29)26(23)39-15-18-7-5-6-8-22(18)30)25-24(17(3)31-28-33-34-35-36(25)28)27(37)32-20-11-9-16(2)10-12-20/h5-14,25H,4,15H2,1-3H3,(H,32,37)(H,31,33,35). The maximum atomic E-state index is 14.2. The first-order valence-electron chi connectivity index (χ1n) is 12.3. The number of carbonyl (C=O) groups is 1. The lowest BCUT2D eigenvalue weighted by atomic mass is 9.94. The Morgan fingerprint density at radius 2 is 1.90 bits per heavy atom. The minimum absolute atomic E-state index is 0.0123. The molecule has 5 rings (SSSR count). The number of hydrogen-bond acceptors (Lipinski definition) is 7. The zero-order valence-corrected chi connectivity index (χ0v) is 23.1. The number of allylic oxidation sites excluding steroid dienone is 1. The van der Waals surface area contributed by atoms with Gasteiger partial charge >= 0.3 is 0 Å². The van der Waals surface area contributed by atoms with Crippen LogP contribution < -0.4 is 20.1 Å². The van der Waals surface area contributed by atoms with Crippen LogP contribution in [0.5, 0.6) is 11.5 Å². The molecule has 11 heteroatoms. The number of anilines is 2. The van der Waals surface area contributed by atoms with Crippen molar-refractivity contribution < 1.29 is 18.7 Å². The summed E-state index contributed by atoms with van der Waals surface area (Å²) >= 11 is 3.60. The minimum Gasteiger partial charge on any atom is -0.490 e. The molecule has 39 heavy (non-hydrogen) atoms. The third kappa shape index (κ3) is 5.49. The summed E-state index contributed by atoms with van der Waals surface area (Å²) in [6, 6.07) is 16.9. The monoisotopic (exact) mass is 592 g/mol. The van der Waals surface area contributed by atoms with Crippen molar-refractivity contribution in [3.05, 3.63) is 98.9 Å². The number of tetrazole rings is 1. The lowest BCUT2D eigenvalue weighted by Gasteiger charge is -2.28. The van der Waals surface area contributed by atoms with Crippen LogP contribution in [0, 0.1) is 12.7 Å². The highest BCUT2D eigenvalue weighted by Gasteiger charge is 2.35. The quantitative estimate of drug-likeness (QED) is 0.267. The molecule has 0 radical (unpaired) electrons. The van der Waals surface area contributed by atoms with Gasteiger partial charge in [0.05, 0.1) is 16.7 Å². The molecule has 0 saturated heterocycles. The van der Waals surface area contributed by atoms with Gasteiger partial charge < -0.3 is 20.1 Å². The van der Waals surface area contributed by atoms with Crippen LogP contribution >= 0.6 is 15.9 Å². The molecule has 1 atom stereocenters. The van der Waals surface area contributed by atoms with Gasteiger partial charge in [-0.15, -0.1) is 0 Å². The molecular formula is C28H26BrFN6O3. The molecule has 0 saturated carbocycles. The van der Waals surface area contributed by atoms with Crippen LogP contribution in [0.2, 0.25) is 0 Å². The zero-order chi connectivity index (χ0) is 27.5. The van der Waals surface area contributed by atoms with Crippen LogP contribution in [0.4, 0.5) is 16.0 Å². The molecule has 2 heterocycles. The smallest absolute Gasteiger partial charge is 0.255 e. The van der Waals surface area contributed by atoms with Gasteiger partial charge in [0.1, 0.15) is 18.5 Å². The van der Waals surface area contributed by atoms with Crippen molar-refractivity contribution in [1.82, 2.24) is 20.2 Å². The van der Waals surface area contributed by atoms with Crippen LogP contribution in [-0.2, 0) is 11.4 Å². The molecule has 1 aromatic heterocycles. The first-order chi connectivity index (χ1) is 18.9. The van der Waals surface area contributed by atoms with Crippen molar-refractivity contribution in [1.29, 1.82) is 0 Å². The molecule has 1 aliphatic heterocycles. The number of amides is 1. The van der Waals surface area contributed by atoms with E-state index in [1.165, 1.54) is 6.07 Å². The number of aryl methyl sites for hydroxylation is 1. The molecule has 0 bridgehead atoms. The van der Waals surface area contributed by atoms with Crippen LogP contribution in [0.25, 0.3) is 0 Å². The van der Waals surface area contributed by atoms with Gasteiger partial charge in [-0.25, -0.2) is 4.39 Å². The van der Waals surface area contributed by atoms with Gasteiger partial charge in [-0.2, -0.15) is 4.68 Å². The van der Waals surface area contributed by atoms with Crippen molar-refractivity contribution in [3.63, 3.8) is 0 Å². The van der Waals surface area contributed by atoms with Crippen molar-refractivity contribution in [3.8, 4) is 11.5 Å². The van der Waals surface area contributed by atoms with Gasteiger partial charge in [-0.05, 0) is 83.0 Å². The Bertz CT molecular complexity index is 1550. The number of halogens is 2. The number of aromatic nitrogens is 4. The lowest BCUT2D eigenvalue weighted by Crippen LogP contribution is -2.31. The van der Waals surface area contributed by atoms with E-state index in [9.17, 15) is 9.18 Å². The lowest BCUT2D eigenvalue weighted by molar-refractivity contribution is -0.113. The maximum Gasteiger partial charge on any atom is 0.255 e. The third-order valence-corrected chi connectivity index (χ3v) is 6.83. The van der Waals surface area contributed by atoms with Crippen LogP contribution in [0.3, 0.4) is 0 Å². The Kier molecular flexibility index (Phi) is 7.60. The predicted molar refractivity (Wildman–Crippen MR) is 148 cm³/mol. The van der Waals surface area contributed by atoms with E-state index in [2.05, 4.69) is 42.1 Å². The molecule has 9 nitrogen and oxygen atoms in total. The number of carbonyl (C=O) groups excluding carboxylic acids is 1. The van der Waals surface area contributed by atoms with E-state index in [-0.39, 0.29) is 18.3 Å². The van der Waals surface area contributed by atoms with E-state index in [4.69, 9.17) is 9.47 Å². The van der Waals surface area contributed by atoms with Gasteiger partial charge in [-0.3, -0.25) is 4.79 Å². The summed E-state index contributed by atoms with van der Waals surface area (Å²) in [7, 11) is 0. The number of nitrogens with zero attached hydrogens (tertiary/aromatic N) is 4. The Morgan fingerprint density at radius 1 is 1.13 bits per heavy atom. The molecule has 0 spiro atoms. The molecule has 4 aromatic rings. The highest BCUT2D eigenvalue weighted by Crippen LogP contribution is 2.43. The molecule has 0 fully saturated rings. The molecule has 1 unspecified atom stereocenters. The van der Waals surface area contributed by atoms with Gasteiger partial charge in [0, 0.05) is 16.9 Å². The average molecular weight is 593 g/mol. The molecule has 1 aliphatic rings. The summed E-state index contributed by atoms with van der Waals surface area (Å²) in [5, 5.41) is 18.1. The Morgan fingerprint density at radius 3 is 2.64 bits per heavy atom. The second kappa shape index (κ2) is 11.2. The van der Waals surface area contributed by atoms with Crippen molar-refractivity contribution in [2.45, 2.75) is 33.4 Å². The summed E-state index contributed by atoms with van der Waals surface area (Å²) in [6.45, 7) is 6.02. The molecule has 2 N–H and O–H groups in total. The summed E-state index contributed by atoms with van der Waals surface area (Å²) in [6.07, 6.45) is 0. The first kappa shape index (κ1) is 26.4. The second-order valence-corrected chi connectivity index (χ2v) is 9.83. The van der Waals surface area contributed by atoms with Gasteiger partial charge in [0.15, 0.2) is 11.5 Å². The Labute approximate surface area is 233 Å². The summed E-state index contributed by atoms with van der Waals surface area (Å²) in [4.78, 5) is 13.6. The van der Waals surface area contributed by atoms with Crippen LogP contribution in [0.1, 0.15) is 36.6 Å². The topological polar surface area (TPSA) is 103 Å². The van der Waals surface area contributed by atoms with Gasteiger partial charge in [0.25, 0.3) is 5.91 Å².